The van der Waals surface area contributed by atoms with Gasteiger partial charge in [0, 0.05) is 140 Å². The molecule has 0 radical (unpaired) electrons. The van der Waals surface area contributed by atoms with Crippen LogP contribution in [-0.4, -0.2) is 189 Å². The number of carbonyl (C=O) groups excluding carboxylic acids is 8. The number of oxazole rings is 4. The third-order valence-corrected chi connectivity index (χ3v) is 32.4. The van der Waals surface area contributed by atoms with E-state index in [0.29, 0.717) is 108 Å². The molecule has 5 fully saturated rings. The molecule has 1 aliphatic carbocycles. The quantitative estimate of drug-likeness (QED) is 0.0137. The summed E-state index contributed by atoms with van der Waals surface area (Å²) in [4.78, 5) is 141. The van der Waals surface area contributed by atoms with Crippen LogP contribution in [0.5, 0.6) is 5.75 Å². The second-order valence-corrected chi connectivity index (χ2v) is 48.1. The van der Waals surface area contributed by atoms with Gasteiger partial charge in [-0.3, -0.25) is 33.6 Å². The van der Waals surface area contributed by atoms with Crippen LogP contribution in [0.1, 0.15) is 232 Å². The molecule has 4 atom stereocenters. The molecule has 8 aromatic heterocycles. The molecule has 3 aromatic carbocycles. The van der Waals surface area contributed by atoms with Crippen LogP contribution in [0.4, 0.5) is 36.7 Å². The topological polar surface area (TPSA) is 411 Å². The molecule has 0 bridgehead atoms. The van der Waals surface area contributed by atoms with E-state index in [4.69, 9.17) is 22.4 Å². The Bertz CT molecular complexity index is 6150. The first-order chi connectivity index (χ1) is 69.5. The summed E-state index contributed by atoms with van der Waals surface area (Å²) in [6, 6.07) is 21.7. The predicted molar refractivity (Wildman–Crippen MR) is 579 cm³/mol. The number of anilines is 6. The molecule has 5 aliphatic rings. The fourth-order valence-corrected chi connectivity index (χ4v) is 23.2. The van der Waals surface area contributed by atoms with Gasteiger partial charge in [0.05, 0.1) is 89.4 Å². The maximum Gasteiger partial charge on any atom is 0.415 e. The number of nitrogens with one attached hydrogen (secondary N) is 8. The fourth-order valence-electron chi connectivity index (χ4n) is 16.0. The zero-order valence-electron chi connectivity index (χ0n) is 83.8. The first kappa shape index (κ1) is 110. The Morgan fingerprint density at radius 3 is 1.12 bits per heavy atom. The zero-order chi connectivity index (χ0) is 103. The van der Waals surface area contributed by atoms with Gasteiger partial charge in [-0.1, -0.05) is 160 Å². The molecule has 0 unspecified atom stereocenters. The molecule has 12 heterocycles. The number of thioether (sulfide) groups is 4. The minimum atomic E-state index is -0.398. The number of amides is 8. The smallest absolute Gasteiger partial charge is 0.415 e. The number of hydrogen-bond donors (Lipinski definition) is 8. The van der Waals surface area contributed by atoms with Crippen LogP contribution in [0, 0.1) is 5.92 Å². The van der Waals surface area contributed by atoms with E-state index in [9.17, 15) is 38.4 Å². The zero-order valence-corrected chi connectivity index (χ0v) is 90.4. The summed E-state index contributed by atoms with van der Waals surface area (Å²) < 4.78 is 33.3. The molecule has 4 aliphatic heterocycles. The van der Waals surface area contributed by atoms with Gasteiger partial charge in [0.15, 0.2) is 20.5 Å². The normalized spacial score (nSPS) is 17.5. The summed E-state index contributed by atoms with van der Waals surface area (Å²) in [5.41, 5.74) is 3.24. The van der Waals surface area contributed by atoms with Gasteiger partial charge in [-0.2, -0.15) is 0 Å². The lowest BCUT2D eigenvalue weighted by Crippen LogP contribution is -2.48. The maximum atomic E-state index is 13.2. The van der Waals surface area contributed by atoms with E-state index in [1.807, 2.05) is 76.1 Å². The molecule has 41 heteroatoms. The van der Waals surface area contributed by atoms with E-state index in [-0.39, 0.29) is 93.7 Å². The molecule has 33 nitrogen and oxygen atoms in total. The van der Waals surface area contributed by atoms with Gasteiger partial charge < -0.3 is 84.5 Å². The molecule has 11 aromatic rings. The average molecular weight is 2120 g/mol. The van der Waals surface area contributed by atoms with Crippen LogP contribution in [0.25, 0.3) is 0 Å². The number of thiazole rings is 4. The van der Waals surface area contributed by atoms with Crippen molar-refractivity contribution in [1.82, 2.24) is 70.1 Å². The van der Waals surface area contributed by atoms with Crippen molar-refractivity contribution in [3.63, 3.8) is 0 Å². The first-order valence-corrected chi connectivity index (χ1v) is 55.8. The summed E-state index contributed by atoms with van der Waals surface area (Å²) in [7, 11) is 0. The Hall–Kier alpha value is -11.9. The van der Waals surface area contributed by atoms with E-state index in [0.717, 1.165) is 174 Å². The molecule has 16 rings (SSSR count). The summed E-state index contributed by atoms with van der Waals surface area (Å²) in [6.07, 6.45) is 30.2. The maximum absolute atomic E-state index is 13.2. The number of likely N-dealkylation sites (tertiary alicyclic amines) is 4. The van der Waals surface area contributed by atoms with Crippen LogP contribution in [0.2, 0.25) is 0 Å². The Morgan fingerprint density at radius 1 is 0.407 bits per heavy atom. The molecular formula is C104H130N20O13S8. The van der Waals surface area contributed by atoms with E-state index < -0.39 is 6.09 Å². The summed E-state index contributed by atoms with van der Waals surface area (Å²) >= 11 is 13.0. The molecular weight excluding hydrogens is 1990 g/mol. The molecule has 4 saturated heterocycles. The SMILES string of the molecule is C=CC(=O)NC1CCC(C(=O)N2CCC[C@@H](Nc3ncc(SCc4ncc(C(C)(C)C)o4)s3)C2)CC1.C=CC(=O)NCc1ccc(C(=O)N2CCC[C@@H](Nc3ncc(SCc4ncc(C(C)(C)C)o4)s3)C2)cc1.C=CC(=O)Nc1ccc(C(=O)N2CCC[C@H](Nc3ncc(SCc4ncc(C(C)C)o4)s3)C2)cc1.C=CC(=O)Nc1ccc(OC(=O)N2CCC[C@@H](Nc3ncc(SCc4ncc(C(C)(C)C)o4)s3)C2)cc1. The second kappa shape index (κ2) is 53.0. The van der Waals surface area contributed by atoms with Crippen LogP contribution in [0.15, 0.2) is 207 Å². The van der Waals surface area contributed by atoms with Gasteiger partial charge in [0.1, 0.15) is 28.8 Å². The number of hydrogen-bond acceptors (Lipinski definition) is 33. The van der Waals surface area contributed by atoms with Crippen molar-refractivity contribution in [2.24, 2.45) is 5.92 Å². The number of piperidine rings is 4. The van der Waals surface area contributed by atoms with Crippen molar-refractivity contribution in [2.75, 3.05) is 84.3 Å². The Kier molecular flexibility index (Phi) is 40.3. The van der Waals surface area contributed by atoms with Crippen LogP contribution >= 0.6 is 92.4 Å². The van der Waals surface area contributed by atoms with Gasteiger partial charge in [-0.15, -0.1) is 47.0 Å². The Labute approximate surface area is 880 Å². The highest BCUT2D eigenvalue weighted by atomic mass is 32.2. The van der Waals surface area contributed by atoms with Gasteiger partial charge in [0.2, 0.25) is 53.1 Å². The first-order valence-electron chi connectivity index (χ1n) is 48.6. The van der Waals surface area contributed by atoms with E-state index in [1.165, 1.54) is 24.3 Å². The standard InChI is InChI=1S/C27H33N5O3S2.C26H31N5O4S2.C26H37N5O3S2.C25H29N5O3S2/c1-5-22(33)28-13-18-8-10-19(11-9-18)25(34)32-12-6-7-20(16-32)31-26-30-15-24(37-26)36-17-23-29-14-21(35-23)27(2,3)4;1-5-21(32)29-17-8-10-19(11-9-17)34-25(33)31-12-6-7-18(15-31)30-24-28-14-23(37-24)36-16-22-27-13-20(35-22)26(2,3)4;1-5-21(32)29-18-10-8-17(9-11-18)24(33)31-12-6-7-19(15-31)30-25-28-14-23(36-25)35-16-22-27-13-20(34-22)26(2,3)4;1-4-21(31)28-18-9-7-17(8-10-18)24(32)30-11-5-6-19(14-30)29-25-27-13-23(35-25)34-15-22-26-12-20(33-22)16(2)3/h5,8-11,14-15,20H,1,6-7,12-13,16-17H2,2-4H3,(H,28,33)(H,30,31);5,8-11,13-14,18H,1,6-7,12,15-16H2,2-4H3,(H,28,30)(H,29,32);5,13-14,17-19H,1,6-12,15-16H2,2-4H3,(H,28,30)(H,29,32);4,7-10,12-13,16,19H,1,5-6,11,14-15H2,2-3H3,(H,27,29)(H,28,31)/t20-;18-;17?,18?,19-;19-/m1110/s1. The largest absolute Gasteiger partial charge is 0.445 e. The number of benzene rings is 3. The predicted octanol–water partition coefficient (Wildman–Crippen LogP) is 21.5. The third-order valence-electron chi connectivity index (χ3n) is 24.0. The van der Waals surface area contributed by atoms with Crippen molar-refractivity contribution >= 4 is 172 Å². The Balaban J connectivity index is 0.000000162. The molecule has 145 heavy (non-hydrogen) atoms. The lowest BCUT2D eigenvalue weighted by molar-refractivity contribution is -0.137. The van der Waals surface area contributed by atoms with Crippen molar-refractivity contribution in [1.29, 1.82) is 0 Å². The van der Waals surface area contributed by atoms with Gasteiger partial charge >= 0.3 is 6.09 Å². The number of ether oxygens (including phenoxy) is 1. The van der Waals surface area contributed by atoms with E-state index in [1.54, 1.807) is 158 Å². The number of nitrogens with zero attached hydrogens (tertiary/aromatic N) is 12. The average Bonchev–Trinajstić information content (AvgIpc) is 1.23. The lowest BCUT2D eigenvalue weighted by Gasteiger charge is -2.37. The third kappa shape index (κ3) is 34.4. The highest BCUT2D eigenvalue weighted by Crippen LogP contribution is 2.40. The molecule has 0 spiro atoms. The highest BCUT2D eigenvalue weighted by molar-refractivity contribution is 8.01. The molecule has 772 valence electrons. The number of carbonyl (C=O) groups is 8. The monoisotopic (exact) mass is 2120 g/mol. The number of rotatable bonds is 34. The van der Waals surface area contributed by atoms with Gasteiger partial charge in [-0.25, -0.2) is 44.7 Å². The van der Waals surface area contributed by atoms with Gasteiger partial charge in [-0.05, 0) is 168 Å². The van der Waals surface area contributed by atoms with E-state index >= 15 is 0 Å². The lowest BCUT2D eigenvalue weighted by atomic mass is 9.84. The highest BCUT2D eigenvalue weighted by Gasteiger charge is 2.35. The van der Waals surface area contributed by atoms with Crippen LogP contribution < -0.4 is 47.3 Å². The van der Waals surface area contributed by atoms with Gasteiger partial charge in [0.25, 0.3) is 11.8 Å². The van der Waals surface area contributed by atoms with Crippen molar-refractivity contribution in [3.05, 3.63) is 236 Å². The van der Waals surface area contributed by atoms with Crippen molar-refractivity contribution < 1.29 is 60.8 Å². The second-order valence-electron chi connectivity index (χ2n) is 38.9. The van der Waals surface area contributed by atoms with Crippen LogP contribution in [-0.2, 0) is 69.8 Å². The van der Waals surface area contributed by atoms with Crippen LogP contribution in [0.3, 0.4) is 0 Å². The van der Waals surface area contributed by atoms with Crippen molar-refractivity contribution in [3.8, 4) is 5.75 Å². The molecule has 8 N–H and O–H groups in total. The minimum absolute atomic E-state index is 0.0137. The van der Waals surface area contributed by atoms with Crippen molar-refractivity contribution in [2.45, 2.75) is 252 Å². The summed E-state index contributed by atoms with van der Waals surface area (Å²) in [5, 5.41) is 28.5. The Morgan fingerprint density at radius 2 is 0.752 bits per heavy atom. The minimum Gasteiger partial charge on any atom is -0.445 e. The molecule has 8 amide bonds. The summed E-state index contributed by atoms with van der Waals surface area (Å²) in [6.45, 7) is 42.7. The molecule has 1 saturated carbocycles. The fraction of sp³-hybridized carbons (Fsp3) is 0.442. The van der Waals surface area contributed by atoms with E-state index in [2.05, 4.69) is 185 Å². The number of aromatic nitrogens is 8. The summed E-state index contributed by atoms with van der Waals surface area (Å²) in [5.74, 6) is 9.18.